The molecule has 258 valence electrons. The second-order valence-corrected chi connectivity index (χ2v) is 14.8. The Bertz CT molecular complexity index is 1480. The Morgan fingerprint density at radius 3 is 2.28 bits per heavy atom. The lowest BCUT2D eigenvalue weighted by Gasteiger charge is -2.69. The molecule has 3 saturated carbocycles. The summed E-state index contributed by atoms with van der Waals surface area (Å²) in [5.74, 6) is -5.26. The third-order valence-corrected chi connectivity index (χ3v) is 12.6. The minimum absolute atomic E-state index is 0.128. The Labute approximate surface area is 275 Å². The number of carbonyl (C=O) groups excluding carboxylic acids is 5. The molecule has 4 aliphatic rings. The summed E-state index contributed by atoms with van der Waals surface area (Å²) in [7, 11) is 1.22. The molecule has 0 bridgehead atoms. The average Bonchev–Trinajstić information content (AvgIpc) is 3.66. The summed E-state index contributed by atoms with van der Waals surface area (Å²) in [4.78, 5) is 67.9. The van der Waals surface area contributed by atoms with E-state index in [9.17, 15) is 29.1 Å². The van der Waals surface area contributed by atoms with Crippen LogP contribution in [0.15, 0.2) is 34.7 Å². The maximum absolute atomic E-state index is 14.9. The van der Waals surface area contributed by atoms with Gasteiger partial charge in [-0.1, -0.05) is 39.3 Å². The molecule has 5 rings (SSSR count). The van der Waals surface area contributed by atoms with Gasteiger partial charge in [-0.05, 0) is 44.2 Å². The maximum Gasteiger partial charge on any atom is 0.314 e. The molecule has 3 fully saturated rings. The highest BCUT2D eigenvalue weighted by atomic mass is 16.6. The second-order valence-electron chi connectivity index (χ2n) is 14.8. The van der Waals surface area contributed by atoms with Crippen molar-refractivity contribution in [3.05, 3.63) is 35.8 Å². The number of esters is 4. The van der Waals surface area contributed by atoms with Crippen LogP contribution < -0.4 is 0 Å². The zero-order chi connectivity index (χ0) is 34.9. The third kappa shape index (κ3) is 4.81. The fourth-order valence-electron chi connectivity index (χ4n) is 10.1. The lowest BCUT2D eigenvalue weighted by Crippen LogP contribution is -2.75. The molecule has 11 nitrogen and oxygen atoms in total. The van der Waals surface area contributed by atoms with E-state index in [0.29, 0.717) is 12.8 Å². The number of hydrogen-bond donors (Lipinski definition) is 1. The molecule has 1 N–H and O–H groups in total. The highest BCUT2D eigenvalue weighted by Gasteiger charge is 2.78. The molecule has 0 amide bonds. The predicted octanol–water partition coefficient (Wildman–Crippen LogP) is 4.70. The van der Waals surface area contributed by atoms with Gasteiger partial charge in [0, 0.05) is 49.4 Å². The highest BCUT2D eigenvalue weighted by molar-refractivity contribution is 5.92. The van der Waals surface area contributed by atoms with E-state index in [4.69, 9.17) is 23.4 Å². The standard InChI is InChI=1S/C36H48O11/c1-10-18(2)31(41)47-30-28(46-20(4)38)29-34(6,23-12-11-22(33(23,30)5)21-13-14-44-17-21)25(39)15-24-35(7,32(42)43-9)26(40)16-27(36(24,29)8)45-19(3)37/h12-14,17-18,22,24,26-30,40H,10-11,15-16H2,1-9H3. The molecule has 4 aliphatic carbocycles. The van der Waals surface area contributed by atoms with Crippen LogP contribution >= 0.6 is 0 Å². The van der Waals surface area contributed by atoms with Crippen molar-refractivity contribution in [2.75, 3.05) is 7.11 Å². The summed E-state index contributed by atoms with van der Waals surface area (Å²) >= 11 is 0. The van der Waals surface area contributed by atoms with Crippen molar-refractivity contribution >= 4 is 29.7 Å². The molecule has 1 aromatic heterocycles. The largest absolute Gasteiger partial charge is 0.472 e. The average molecular weight is 657 g/mol. The second kappa shape index (κ2) is 11.9. The van der Waals surface area contributed by atoms with Crippen molar-refractivity contribution in [2.45, 2.75) is 111 Å². The van der Waals surface area contributed by atoms with Crippen molar-refractivity contribution in [1.29, 1.82) is 0 Å². The number of aliphatic hydroxyl groups is 1. The number of allylic oxidation sites excluding steroid dienone is 1. The van der Waals surface area contributed by atoms with Gasteiger partial charge in [0.1, 0.15) is 24.1 Å². The van der Waals surface area contributed by atoms with Crippen molar-refractivity contribution in [1.82, 2.24) is 0 Å². The number of ketones is 1. The number of fused-ring (bicyclic) bond motifs is 5. The van der Waals surface area contributed by atoms with E-state index in [1.807, 2.05) is 39.8 Å². The first-order chi connectivity index (χ1) is 21.9. The SMILES string of the molecule is CCC(C)C(=O)OC1C(OC(C)=O)C2C(C)(C(=O)CC3C(C)(C(=O)OC)C(O)CC(OC(C)=O)C23C)C2=CCC(c3ccoc3)C21C. The number of methoxy groups -OCH3 is 1. The summed E-state index contributed by atoms with van der Waals surface area (Å²) in [5, 5.41) is 11.5. The smallest absolute Gasteiger partial charge is 0.314 e. The first-order valence-electron chi connectivity index (χ1n) is 16.5. The Balaban J connectivity index is 1.83. The van der Waals surface area contributed by atoms with E-state index in [-0.39, 0.29) is 24.5 Å². The summed E-state index contributed by atoms with van der Waals surface area (Å²) in [6.07, 6.45) is 1.39. The van der Waals surface area contributed by atoms with Gasteiger partial charge >= 0.3 is 23.9 Å². The number of rotatable bonds is 7. The Morgan fingerprint density at radius 2 is 1.72 bits per heavy atom. The zero-order valence-electron chi connectivity index (χ0n) is 28.8. The van der Waals surface area contributed by atoms with Crippen LogP contribution in [0.3, 0.4) is 0 Å². The molecule has 0 saturated heterocycles. The van der Waals surface area contributed by atoms with Crippen molar-refractivity contribution in [3.63, 3.8) is 0 Å². The van der Waals surface area contributed by atoms with E-state index in [0.717, 1.165) is 11.1 Å². The van der Waals surface area contributed by atoms with Crippen LogP contribution in [0.5, 0.6) is 0 Å². The van der Waals surface area contributed by atoms with Gasteiger partial charge in [-0.2, -0.15) is 0 Å². The minimum Gasteiger partial charge on any atom is -0.472 e. The van der Waals surface area contributed by atoms with Gasteiger partial charge in [0.05, 0.1) is 42.5 Å². The maximum atomic E-state index is 14.9. The molecule has 0 aromatic carbocycles. The van der Waals surface area contributed by atoms with Crippen LogP contribution in [0, 0.1) is 39.4 Å². The number of aliphatic hydroxyl groups excluding tert-OH is 1. The van der Waals surface area contributed by atoms with Gasteiger partial charge in [0.15, 0.2) is 0 Å². The molecule has 1 aromatic rings. The molecule has 0 spiro atoms. The zero-order valence-corrected chi connectivity index (χ0v) is 28.8. The number of Topliss-reactive ketones (excluding diaryl/α,β-unsaturated/α-hetero) is 1. The van der Waals surface area contributed by atoms with Gasteiger partial charge in [0.25, 0.3) is 0 Å². The van der Waals surface area contributed by atoms with Crippen LogP contribution in [0.25, 0.3) is 0 Å². The van der Waals surface area contributed by atoms with Crippen molar-refractivity contribution in [3.8, 4) is 0 Å². The third-order valence-electron chi connectivity index (χ3n) is 12.6. The Morgan fingerprint density at radius 1 is 1.06 bits per heavy atom. The van der Waals surface area contributed by atoms with E-state index in [1.165, 1.54) is 21.0 Å². The summed E-state index contributed by atoms with van der Waals surface area (Å²) in [5.41, 5.74) is -3.58. The molecule has 0 aliphatic heterocycles. The predicted molar refractivity (Wildman–Crippen MR) is 166 cm³/mol. The van der Waals surface area contributed by atoms with Crippen LogP contribution in [0.4, 0.5) is 0 Å². The monoisotopic (exact) mass is 656 g/mol. The fraction of sp³-hybridized carbons (Fsp3) is 0.694. The molecule has 0 radical (unpaired) electrons. The summed E-state index contributed by atoms with van der Waals surface area (Å²) in [6, 6.07) is 1.84. The van der Waals surface area contributed by atoms with Gasteiger partial charge in [-0.25, -0.2) is 0 Å². The number of ether oxygens (including phenoxy) is 4. The highest BCUT2D eigenvalue weighted by Crippen LogP contribution is 2.74. The van der Waals surface area contributed by atoms with Crippen LogP contribution in [-0.4, -0.2) is 66.3 Å². The number of hydrogen-bond acceptors (Lipinski definition) is 11. The molecule has 1 heterocycles. The first-order valence-corrected chi connectivity index (χ1v) is 16.5. The lowest BCUT2D eigenvalue weighted by atomic mass is 9.35. The summed E-state index contributed by atoms with van der Waals surface area (Å²) in [6.45, 7) is 13.4. The first kappa shape index (κ1) is 34.9. The molecular weight excluding hydrogens is 608 g/mol. The topological polar surface area (TPSA) is 156 Å². The Hall–Kier alpha value is -3.47. The van der Waals surface area contributed by atoms with Gasteiger partial charge < -0.3 is 28.5 Å². The van der Waals surface area contributed by atoms with E-state index >= 15 is 0 Å². The quantitative estimate of drug-likeness (QED) is 0.247. The molecule has 12 atom stereocenters. The van der Waals surface area contributed by atoms with Gasteiger partial charge in [-0.3, -0.25) is 24.0 Å². The molecule has 12 unspecified atom stereocenters. The van der Waals surface area contributed by atoms with Crippen LogP contribution in [0.1, 0.15) is 92.6 Å². The van der Waals surface area contributed by atoms with Gasteiger partial charge in [-0.15, -0.1) is 0 Å². The van der Waals surface area contributed by atoms with Gasteiger partial charge in [0.2, 0.25) is 0 Å². The molecule has 11 heteroatoms. The lowest BCUT2D eigenvalue weighted by molar-refractivity contribution is -0.268. The van der Waals surface area contributed by atoms with E-state index in [1.54, 1.807) is 26.4 Å². The number of furan rings is 1. The van der Waals surface area contributed by atoms with Crippen LogP contribution in [0.2, 0.25) is 0 Å². The number of carbonyl (C=O) groups is 5. The Kier molecular flexibility index (Phi) is 8.82. The summed E-state index contributed by atoms with van der Waals surface area (Å²) < 4.78 is 29.4. The normalized spacial score (nSPS) is 41.4. The fourth-order valence-corrected chi connectivity index (χ4v) is 10.1. The van der Waals surface area contributed by atoms with E-state index in [2.05, 4.69) is 0 Å². The molecule has 47 heavy (non-hydrogen) atoms. The van der Waals surface area contributed by atoms with Crippen molar-refractivity contribution < 1.29 is 52.4 Å². The van der Waals surface area contributed by atoms with E-state index < -0.39 is 87.7 Å². The molecular formula is C36H48O11. The van der Waals surface area contributed by atoms with Crippen molar-refractivity contribution in [2.24, 2.45) is 39.4 Å². The minimum atomic E-state index is -1.58. The van der Waals surface area contributed by atoms with Crippen LogP contribution in [-0.2, 0) is 42.9 Å².